The number of nitrogens with two attached hydrogens (primary N) is 2. The highest BCUT2D eigenvalue weighted by molar-refractivity contribution is 6.17. The number of rotatable bonds is 7. The highest BCUT2D eigenvalue weighted by Gasteiger charge is 2.35. The van der Waals surface area contributed by atoms with Crippen molar-refractivity contribution < 1.29 is 9.59 Å². The SMILES string of the molecule is Cc1cc2nc[nH]c2cc1-c1ccc(C[C@H](N)C(=O)N(c2ccc3c(=O)[nH][nH]c3c2)C(=O)[C@H]2CC[C@H](CN)CC2)cc1.Cl. The van der Waals surface area contributed by atoms with Gasteiger partial charge < -0.3 is 16.5 Å². The number of carbonyl (C=O) groups excluding carboxylic acids is 2. The van der Waals surface area contributed by atoms with Crippen LogP contribution < -0.4 is 21.9 Å². The van der Waals surface area contributed by atoms with E-state index in [0.717, 1.165) is 46.1 Å². The molecular formula is C32H36ClN7O3. The van der Waals surface area contributed by atoms with Crippen LogP contribution in [-0.4, -0.2) is 44.6 Å². The number of imide groups is 1. The number of hydrogen-bond donors (Lipinski definition) is 5. The molecular weight excluding hydrogens is 566 g/mol. The maximum absolute atomic E-state index is 13.9. The van der Waals surface area contributed by atoms with Crippen LogP contribution in [0.3, 0.4) is 0 Å². The standard InChI is InChI=1S/C32H35N7O3.ClH/c1-18-12-28-29(36-17-35-28)15-25(18)21-6-2-19(3-7-21)13-26(34)32(42)39(31(41)22-8-4-20(16-33)5-9-22)23-10-11-24-27(14-23)37-38-30(24)40;/h2-3,6-7,10-12,14-15,17,20,22,26H,4-5,8-9,13,16,33-34H2,1H3,(H,35,36)(H2,37,38,40);1H/t20-,22-,26-;/m0./s1. The van der Waals surface area contributed by atoms with Gasteiger partial charge in [0.25, 0.3) is 11.5 Å². The van der Waals surface area contributed by atoms with Crippen molar-refractivity contribution in [3.63, 3.8) is 0 Å². The molecule has 0 unspecified atom stereocenters. The Morgan fingerprint density at radius 1 is 1.00 bits per heavy atom. The minimum Gasteiger partial charge on any atom is -0.345 e. The highest BCUT2D eigenvalue weighted by atomic mass is 35.5. The van der Waals surface area contributed by atoms with E-state index in [4.69, 9.17) is 11.5 Å². The average molecular weight is 602 g/mol. The van der Waals surface area contributed by atoms with Gasteiger partial charge in [-0.25, -0.2) is 9.88 Å². The van der Waals surface area contributed by atoms with Crippen molar-refractivity contribution in [1.82, 2.24) is 20.2 Å². The second kappa shape index (κ2) is 12.5. The van der Waals surface area contributed by atoms with Gasteiger partial charge in [0.05, 0.1) is 40.0 Å². The second-order valence-electron chi connectivity index (χ2n) is 11.4. The first-order chi connectivity index (χ1) is 20.3. The average Bonchev–Trinajstić information content (AvgIpc) is 3.62. The van der Waals surface area contributed by atoms with Crippen LogP contribution in [0.15, 0.2) is 65.7 Å². The first kappa shape index (κ1) is 30.2. The zero-order valence-corrected chi connectivity index (χ0v) is 24.7. The smallest absolute Gasteiger partial charge is 0.271 e. The van der Waals surface area contributed by atoms with Crippen LogP contribution in [0.5, 0.6) is 0 Å². The van der Waals surface area contributed by atoms with Crippen LogP contribution in [0.4, 0.5) is 5.69 Å². The number of H-pyrrole nitrogens is 3. The fourth-order valence-corrected chi connectivity index (χ4v) is 6.08. The normalized spacial score (nSPS) is 17.5. The first-order valence-corrected chi connectivity index (χ1v) is 14.4. The molecule has 0 aliphatic heterocycles. The number of imidazole rings is 1. The third kappa shape index (κ3) is 5.99. The van der Waals surface area contributed by atoms with E-state index in [1.807, 2.05) is 24.3 Å². The molecule has 7 N–H and O–H groups in total. The summed E-state index contributed by atoms with van der Waals surface area (Å²) in [6.45, 7) is 2.66. The fourth-order valence-electron chi connectivity index (χ4n) is 6.08. The van der Waals surface area contributed by atoms with E-state index in [-0.39, 0.29) is 36.2 Å². The molecule has 0 radical (unpaired) electrons. The van der Waals surface area contributed by atoms with Gasteiger partial charge in [0.1, 0.15) is 0 Å². The van der Waals surface area contributed by atoms with Gasteiger partial charge in [0.2, 0.25) is 5.91 Å². The number of carbonyl (C=O) groups is 2. The summed E-state index contributed by atoms with van der Waals surface area (Å²) in [5, 5.41) is 5.82. The van der Waals surface area contributed by atoms with E-state index >= 15 is 0 Å². The Bertz CT molecular complexity index is 1820. The summed E-state index contributed by atoms with van der Waals surface area (Å²) in [7, 11) is 0. The Balaban J connectivity index is 0.00000368. The Kier molecular flexibility index (Phi) is 8.82. The summed E-state index contributed by atoms with van der Waals surface area (Å²) >= 11 is 0. The van der Waals surface area contributed by atoms with E-state index in [0.29, 0.717) is 41.9 Å². The van der Waals surface area contributed by atoms with Gasteiger partial charge >= 0.3 is 0 Å². The topological polar surface area (TPSA) is 167 Å². The van der Waals surface area contributed by atoms with Crippen molar-refractivity contribution in [3.8, 4) is 11.1 Å². The number of benzene rings is 3. The third-order valence-corrected chi connectivity index (χ3v) is 8.59. The predicted molar refractivity (Wildman–Crippen MR) is 171 cm³/mol. The summed E-state index contributed by atoms with van der Waals surface area (Å²) in [5.74, 6) is -0.625. The van der Waals surface area contributed by atoms with Crippen molar-refractivity contribution in [2.75, 3.05) is 11.4 Å². The maximum atomic E-state index is 13.9. The number of nitrogens with one attached hydrogen (secondary N) is 3. The molecule has 3 aromatic carbocycles. The molecule has 0 saturated heterocycles. The van der Waals surface area contributed by atoms with Gasteiger partial charge in [-0.1, -0.05) is 24.3 Å². The zero-order valence-electron chi connectivity index (χ0n) is 23.9. The molecule has 1 aliphatic carbocycles. The lowest BCUT2D eigenvalue weighted by Crippen LogP contribution is -2.50. The Hall–Kier alpha value is -4.25. The minimum absolute atomic E-state index is 0. The Morgan fingerprint density at radius 2 is 1.74 bits per heavy atom. The molecule has 0 spiro atoms. The third-order valence-electron chi connectivity index (χ3n) is 8.59. The lowest BCUT2D eigenvalue weighted by Gasteiger charge is -2.32. The van der Waals surface area contributed by atoms with Crippen LogP contribution >= 0.6 is 12.4 Å². The van der Waals surface area contributed by atoms with Crippen LogP contribution in [0, 0.1) is 18.8 Å². The Morgan fingerprint density at radius 3 is 2.47 bits per heavy atom. The minimum atomic E-state index is -0.941. The predicted octanol–water partition coefficient (Wildman–Crippen LogP) is 4.32. The number of fused-ring (bicyclic) bond motifs is 2. The van der Waals surface area contributed by atoms with Crippen molar-refractivity contribution >= 4 is 51.8 Å². The fraction of sp³-hybridized carbons (Fsp3) is 0.312. The van der Waals surface area contributed by atoms with Gasteiger partial charge in [0.15, 0.2) is 0 Å². The van der Waals surface area contributed by atoms with Crippen LogP contribution in [0.25, 0.3) is 33.1 Å². The van der Waals surface area contributed by atoms with Gasteiger partial charge in [-0.3, -0.25) is 24.6 Å². The number of aromatic nitrogens is 4. The molecule has 1 fully saturated rings. The van der Waals surface area contributed by atoms with Crippen molar-refractivity contribution in [2.24, 2.45) is 23.3 Å². The molecule has 5 aromatic rings. The van der Waals surface area contributed by atoms with E-state index in [1.165, 1.54) is 4.90 Å². The quantitative estimate of drug-likeness (QED) is 0.186. The number of aromatic amines is 3. The molecule has 6 rings (SSSR count). The van der Waals surface area contributed by atoms with Crippen molar-refractivity contribution in [1.29, 1.82) is 0 Å². The van der Waals surface area contributed by atoms with Crippen molar-refractivity contribution in [2.45, 2.75) is 45.1 Å². The van der Waals surface area contributed by atoms with E-state index in [2.05, 4.69) is 39.2 Å². The van der Waals surface area contributed by atoms with E-state index in [9.17, 15) is 14.4 Å². The van der Waals surface area contributed by atoms with Crippen LogP contribution in [0.1, 0.15) is 36.8 Å². The van der Waals surface area contributed by atoms with Gasteiger partial charge in [0, 0.05) is 5.92 Å². The first-order valence-electron chi connectivity index (χ1n) is 14.4. The number of amides is 2. The molecule has 1 saturated carbocycles. The summed E-state index contributed by atoms with van der Waals surface area (Å²) < 4.78 is 0. The van der Waals surface area contributed by atoms with Crippen LogP contribution in [0.2, 0.25) is 0 Å². The number of anilines is 1. The lowest BCUT2D eigenvalue weighted by atomic mass is 9.81. The Labute approximate surface area is 254 Å². The number of nitrogens with zero attached hydrogens (tertiary/aromatic N) is 2. The molecule has 43 heavy (non-hydrogen) atoms. The molecule has 1 atom stereocenters. The van der Waals surface area contributed by atoms with E-state index < -0.39 is 11.9 Å². The number of halogens is 1. The molecule has 0 bridgehead atoms. The summed E-state index contributed by atoms with van der Waals surface area (Å²) in [5.41, 5.74) is 19.0. The summed E-state index contributed by atoms with van der Waals surface area (Å²) in [6, 6.07) is 16.1. The molecule has 2 amide bonds. The zero-order chi connectivity index (χ0) is 29.4. The van der Waals surface area contributed by atoms with Crippen LogP contribution in [-0.2, 0) is 16.0 Å². The molecule has 224 valence electrons. The lowest BCUT2D eigenvalue weighted by molar-refractivity contribution is -0.130. The van der Waals surface area contributed by atoms with Gasteiger partial charge in [-0.15, -0.1) is 12.4 Å². The summed E-state index contributed by atoms with van der Waals surface area (Å²) in [6.07, 6.45) is 5.01. The van der Waals surface area contributed by atoms with Crippen molar-refractivity contribution in [3.05, 3.63) is 82.4 Å². The number of aryl methyl sites for hydroxylation is 1. The summed E-state index contributed by atoms with van der Waals surface area (Å²) in [4.78, 5) is 48.5. The molecule has 11 heteroatoms. The molecule has 1 aliphatic rings. The highest BCUT2D eigenvalue weighted by Crippen LogP contribution is 2.32. The largest absolute Gasteiger partial charge is 0.345 e. The molecule has 2 aromatic heterocycles. The van der Waals surface area contributed by atoms with Gasteiger partial charge in [-0.2, -0.15) is 0 Å². The van der Waals surface area contributed by atoms with Gasteiger partial charge in [-0.05, 0) is 104 Å². The molecule has 2 heterocycles. The second-order valence-corrected chi connectivity index (χ2v) is 11.4. The number of hydrogen-bond acceptors (Lipinski definition) is 6. The monoisotopic (exact) mass is 601 g/mol. The molecule has 10 nitrogen and oxygen atoms in total. The maximum Gasteiger partial charge on any atom is 0.271 e. The van der Waals surface area contributed by atoms with E-state index in [1.54, 1.807) is 24.5 Å².